The minimum atomic E-state index is -0.440. The van der Waals surface area contributed by atoms with E-state index in [1.807, 2.05) is 13.8 Å². The second-order valence-corrected chi connectivity index (χ2v) is 3.75. The summed E-state index contributed by atoms with van der Waals surface area (Å²) >= 11 is 0. The zero-order valence-electron chi connectivity index (χ0n) is 9.36. The van der Waals surface area contributed by atoms with Gasteiger partial charge in [0.05, 0.1) is 4.92 Å². The SMILES string of the molecule is CC[C@@H](C)c1c(C=N)cc(N)cc1[N+](=O)[O-]. The van der Waals surface area contributed by atoms with Gasteiger partial charge in [-0.15, -0.1) is 0 Å². The normalized spacial score (nSPS) is 12.1. The molecule has 1 atom stereocenters. The van der Waals surface area contributed by atoms with Crippen LogP contribution in [0.2, 0.25) is 0 Å². The van der Waals surface area contributed by atoms with Gasteiger partial charge >= 0.3 is 0 Å². The first kappa shape index (κ1) is 12.2. The fourth-order valence-corrected chi connectivity index (χ4v) is 1.69. The third-order valence-electron chi connectivity index (χ3n) is 2.67. The van der Waals surface area contributed by atoms with Crippen molar-refractivity contribution in [1.29, 1.82) is 5.41 Å². The molecule has 0 amide bonds. The first-order valence-corrected chi connectivity index (χ1v) is 5.09. The van der Waals surface area contributed by atoms with E-state index >= 15 is 0 Å². The summed E-state index contributed by atoms with van der Waals surface area (Å²) in [6.45, 7) is 3.87. The number of anilines is 1. The maximum Gasteiger partial charge on any atom is 0.275 e. The van der Waals surface area contributed by atoms with Crippen molar-refractivity contribution >= 4 is 17.6 Å². The Hall–Kier alpha value is -1.91. The van der Waals surface area contributed by atoms with Crippen LogP contribution in [0.4, 0.5) is 11.4 Å². The summed E-state index contributed by atoms with van der Waals surface area (Å²) in [6.07, 6.45) is 1.90. The third-order valence-corrected chi connectivity index (χ3v) is 2.67. The minimum absolute atomic E-state index is 0.00727. The van der Waals surface area contributed by atoms with Crippen LogP contribution in [0.1, 0.15) is 37.3 Å². The van der Waals surface area contributed by atoms with Gasteiger partial charge in [-0.2, -0.15) is 0 Å². The number of nitro groups is 1. The largest absolute Gasteiger partial charge is 0.399 e. The molecule has 0 spiro atoms. The average molecular weight is 221 g/mol. The number of nitrogens with two attached hydrogens (primary N) is 1. The number of nitrogens with one attached hydrogen (secondary N) is 1. The fourth-order valence-electron chi connectivity index (χ4n) is 1.69. The Balaban J connectivity index is 3.50. The number of nitro benzene ring substituents is 1. The lowest BCUT2D eigenvalue weighted by atomic mass is 9.92. The van der Waals surface area contributed by atoms with Crippen molar-refractivity contribution in [3.63, 3.8) is 0 Å². The number of benzene rings is 1. The predicted molar refractivity (Wildman–Crippen MR) is 64.1 cm³/mol. The van der Waals surface area contributed by atoms with Crippen LogP contribution >= 0.6 is 0 Å². The van der Waals surface area contributed by atoms with Crippen LogP contribution in [-0.4, -0.2) is 11.1 Å². The first-order chi connectivity index (χ1) is 7.51. The van der Waals surface area contributed by atoms with Crippen LogP contribution in [0.5, 0.6) is 0 Å². The van der Waals surface area contributed by atoms with E-state index in [1.165, 1.54) is 6.07 Å². The fraction of sp³-hybridized carbons (Fsp3) is 0.364. The quantitative estimate of drug-likeness (QED) is 0.354. The molecule has 0 bridgehead atoms. The molecule has 1 rings (SSSR count). The monoisotopic (exact) mass is 221 g/mol. The highest BCUT2D eigenvalue weighted by Crippen LogP contribution is 2.33. The van der Waals surface area contributed by atoms with Gasteiger partial charge in [-0.05, 0) is 18.4 Å². The smallest absolute Gasteiger partial charge is 0.275 e. The maximum absolute atomic E-state index is 10.9. The molecule has 0 aliphatic carbocycles. The zero-order chi connectivity index (χ0) is 12.3. The van der Waals surface area contributed by atoms with Crippen molar-refractivity contribution in [1.82, 2.24) is 0 Å². The highest BCUT2D eigenvalue weighted by Gasteiger charge is 2.21. The lowest BCUT2D eigenvalue weighted by molar-refractivity contribution is -0.385. The van der Waals surface area contributed by atoms with E-state index in [1.54, 1.807) is 6.07 Å². The van der Waals surface area contributed by atoms with Crippen molar-refractivity contribution in [2.45, 2.75) is 26.2 Å². The van der Waals surface area contributed by atoms with Gasteiger partial charge < -0.3 is 11.1 Å². The van der Waals surface area contributed by atoms with Crippen LogP contribution in [0.3, 0.4) is 0 Å². The van der Waals surface area contributed by atoms with Gasteiger partial charge in [0.2, 0.25) is 0 Å². The maximum atomic E-state index is 10.9. The van der Waals surface area contributed by atoms with E-state index in [0.717, 1.165) is 12.6 Å². The summed E-state index contributed by atoms with van der Waals surface area (Å²) < 4.78 is 0. The predicted octanol–water partition coefficient (Wildman–Crippen LogP) is 2.69. The standard InChI is InChI=1S/C11H15N3O2/c1-3-7(2)11-8(6-12)4-9(13)5-10(11)14(15)16/h4-7,12H,3,13H2,1-2H3/t7-/m1/s1. The number of rotatable bonds is 4. The summed E-state index contributed by atoms with van der Waals surface area (Å²) in [5, 5.41) is 18.2. The summed E-state index contributed by atoms with van der Waals surface area (Å²) in [7, 11) is 0. The molecule has 0 aliphatic rings. The first-order valence-electron chi connectivity index (χ1n) is 5.09. The molecular weight excluding hydrogens is 206 g/mol. The second kappa shape index (κ2) is 4.74. The Kier molecular flexibility index (Phi) is 3.60. The summed E-state index contributed by atoms with van der Waals surface area (Å²) in [5.74, 6) is 0.0394. The molecule has 0 saturated heterocycles. The van der Waals surface area contributed by atoms with E-state index in [-0.39, 0.29) is 11.6 Å². The molecule has 16 heavy (non-hydrogen) atoms. The van der Waals surface area contributed by atoms with Gasteiger partial charge in [-0.25, -0.2) is 0 Å². The molecule has 1 aromatic carbocycles. The Morgan fingerprint density at radius 3 is 2.69 bits per heavy atom. The lowest BCUT2D eigenvalue weighted by Crippen LogP contribution is -2.05. The van der Waals surface area contributed by atoms with Crippen molar-refractivity contribution in [3.05, 3.63) is 33.4 Å². The van der Waals surface area contributed by atoms with Gasteiger partial charge in [0.15, 0.2) is 0 Å². The molecule has 0 saturated carbocycles. The molecule has 1 aromatic rings. The minimum Gasteiger partial charge on any atom is -0.399 e. The van der Waals surface area contributed by atoms with Gasteiger partial charge in [0.25, 0.3) is 5.69 Å². The molecule has 5 nitrogen and oxygen atoms in total. The molecule has 0 aliphatic heterocycles. The molecule has 0 aromatic heterocycles. The van der Waals surface area contributed by atoms with Crippen LogP contribution < -0.4 is 5.73 Å². The lowest BCUT2D eigenvalue weighted by Gasteiger charge is -2.13. The number of hydrogen-bond donors (Lipinski definition) is 2. The highest BCUT2D eigenvalue weighted by atomic mass is 16.6. The summed E-state index contributed by atoms with van der Waals surface area (Å²) in [5.41, 5.74) is 7.02. The molecule has 0 heterocycles. The molecule has 3 N–H and O–H groups in total. The molecule has 86 valence electrons. The zero-order valence-corrected chi connectivity index (χ0v) is 9.36. The molecule has 0 radical (unpaired) electrons. The van der Waals surface area contributed by atoms with Crippen molar-refractivity contribution in [2.75, 3.05) is 5.73 Å². The van der Waals surface area contributed by atoms with Gasteiger partial charge in [0, 0.05) is 29.1 Å². The molecule has 0 unspecified atom stereocenters. The second-order valence-electron chi connectivity index (χ2n) is 3.75. The molecule has 5 heteroatoms. The van der Waals surface area contributed by atoms with E-state index in [9.17, 15) is 10.1 Å². The number of nitrogens with zero attached hydrogens (tertiary/aromatic N) is 1. The van der Waals surface area contributed by atoms with Crippen molar-refractivity contribution < 1.29 is 4.92 Å². The van der Waals surface area contributed by atoms with Gasteiger partial charge in [0.1, 0.15) is 0 Å². The van der Waals surface area contributed by atoms with Crippen LogP contribution in [0.25, 0.3) is 0 Å². The third kappa shape index (κ3) is 2.18. The van der Waals surface area contributed by atoms with Gasteiger partial charge in [-0.3, -0.25) is 10.1 Å². The Morgan fingerprint density at radius 2 is 2.25 bits per heavy atom. The Bertz CT molecular complexity index is 429. The molecule has 0 fully saturated rings. The Labute approximate surface area is 93.9 Å². The van der Waals surface area contributed by atoms with Crippen LogP contribution in [0, 0.1) is 15.5 Å². The van der Waals surface area contributed by atoms with E-state index in [4.69, 9.17) is 11.1 Å². The summed E-state index contributed by atoms with van der Waals surface area (Å²) in [6, 6.07) is 2.95. The van der Waals surface area contributed by atoms with E-state index < -0.39 is 4.92 Å². The van der Waals surface area contributed by atoms with E-state index in [0.29, 0.717) is 16.8 Å². The van der Waals surface area contributed by atoms with E-state index in [2.05, 4.69) is 0 Å². The topological polar surface area (TPSA) is 93.0 Å². The summed E-state index contributed by atoms with van der Waals surface area (Å²) in [4.78, 5) is 10.5. The van der Waals surface area contributed by atoms with Crippen LogP contribution in [-0.2, 0) is 0 Å². The highest BCUT2D eigenvalue weighted by molar-refractivity contribution is 5.84. The number of hydrogen-bond acceptors (Lipinski definition) is 4. The van der Waals surface area contributed by atoms with Crippen LogP contribution in [0.15, 0.2) is 12.1 Å². The van der Waals surface area contributed by atoms with Crippen molar-refractivity contribution in [3.8, 4) is 0 Å². The molecular formula is C11H15N3O2. The number of nitrogen functional groups attached to an aromatic ring is 1. The van der Waals surface area contributed by atoms with Crippen molar-refractivity contribution in [2.24, 2.45) is 0 Å². The Morgan fingerprint density at radius 1 is 1.62 bits per heavy atom. The average Bonchev–Trinajstić information content (AvgIpc) is 2.26. The van der Waals surface area contributed by atoms with Gasteiger partial charge in [-0.1, -0.05) is 13.8 Å².